The van der Waals surface area contributed by atoms with Crippen molar-refractivity contribution in [3.05, 3.63) is 47.3 Å². The zero-order valence-electron chi connectivity index (χ0n) is 14.6. The maximum absolute atomic E-state index is 13.4. The van der Waals surface area contributed by atoms with Gasteiger partial charge < -0.3 is 25.3 Å². The average molecular weight is 362 g/mol. The van der Waals surface area contributed by atoms with Crippen LogP contribution in [0.2, 0.25) is 0 Å². The first-order chi connectivity index (χ1) is 12.3. The Morgan fingerprint density at radius 2 is 1.73 bits per heavy atom. The van der Waals surface area contributed by atoms with E-state index in [1.165, 1.54) is 38.5 Å². The number of rotatable bonds is 7. The molecule has 0 aliphatic rings. The van der Waals surface area contributed by atoms with Crippen LogP contribution in [0.3, 0.4) is 0 Å². The molecule has 0 saturated heterocycles. The van der Waals surface area contributed by atoms with Gasteiger partial charge in [-0.15, -0.1) is 0 Å². The molecular weight excluding hydrogens is 343 g/mol. The lowest BCUT2D eigenvalue weighted by Crippen LogP contribution is -2.20. The van der Waals surface area contributed by atoms with Crippen molar-refractivity contribution in [3.8, 4) is 17.2 Å². The molecule has 2 aromatic carbocycles. The fourth-order valence-corrected chi connectivity index (χ4v) is 2.22. The van der Waals surface area contributed by atoms with Gasteiger partial charge in [0.1, 0.15) is 5.82 Å². The van der Waals surface area contributed by atoms with Gasteiger partial charge in [0.05, 0.1) is 14.2 Å². The van der Waals surface area contributed by atoms with Crippen molar-refractivity contribution in [2.75, 3.05) is 26.1 Å². The molecule has 0 saturated carbocycles. The van der Waals surface area contributed by atoms with Crippen LogP contribution in [0, 0.1) is 12.7 Å². The van der Waals surface area contributed by atoms with Crippen LogP contribution in [0.4, 0.5) is 10.1 Å². The van der Waals surface area contributed by atoms with Gasteiger partial charge in [0.2, 0.25) is 5.75 Å². The summed E-state index contributed by atoms with van der Waals surface area (Å²) in [7, 11) is 2.76. The molecular formula is C18H19FN2O5. The average Bonchev–Trinajstić information content (AvgIpc) is 2.61. The number of anilines is 1. The number of ether oxygens (including phenoxy) is 3. The van der Waals surface area contributed by atoms with E-state index in [-0.39, 0.29) is 29.4 Å². The number of halogens is 1. The first-order valence-corrected chi connectivity index (χ1v) is 7.60. The molecule has 138 valence electrons. The Bertz CT molecular complexity index is 813. The second-order valence-electron chi connectivity index (χ2n) is 5.38. The van der Waals surface area contributed by atoms with Gasteiger partial charge in [-0.3, -0.25) is 9.59 Å². The summed E-state index contributed by atoms with van der Waals surface area (Å²) >= 11 is 0. The lowest BCUT2D eigenvalue weighted by Gasteiger charge is -2.15. The van der Waals surface area contributed by atoms with Gasteiger partial charge in [-0.25, -0.2) is 4.39 Å². The molecule has 0 bridgehead atoms. The van der Waals surface area contributed by atoms with Crippen molar-refractivity contribution in [2.24, 2.45) is 5.73 Å². The number of amides is 2. The minimum Gasteiger partial charge on any atom is -0.493 e. The van der Waals surface area contributed by atoms with Crippen molar-refractivity contribution in [3.63, 3.8) is 0 Å². The van der Waals surface area contributed by atoms with Crippen LogP contribution >= 0.6 is 0 Å². The van der Waals surface area contributed by atoms with Crippen LogP contribution in [-0.4, -0.2) is 32.6 Å². The van der Waals surface area contributed by atoms with Crippen LogP contribution < -0.4 is 25.3 Å². The quantitative estimate of drug-likeness (QED) is 0.787. The minimum absolute atomic E-state index is 0.146. The van der Waals surface area contributed by atoms with Gasteiger partial charge in [-0.1, -0.05) is 6.07 Å². The normalized spacial score (nSPS) is 10.2. The van der Waals surface area contributed by atoms with Crippen molar-refractivity contribution in [1.82, 2.24) is 0 Å². The first kappa shape index (κ1) is 19.0. The molecule has 0 unspecified atom stereocenters. The SMILES string of the molecule is COc1cc(C(=O)Nc2cc(F)ccc2C)cc(OC)c1OCC(N)=O. The van der Waals surface area contributed by atoms with Crippen molar-refractivity contribution >= 4 is 17.5 Å². The maximum Gasteiger partial charge on any atom is 0.255 e. The second-order valence-corrected chi connectivity index (χ2v) is 5.38. The number of methoxy groups -OCH3 is 2. The molecule has 0 aromatic heterocycles. The predicted molar refractivity (Wildman–Crippen MR) is 93.3 cm³/mol. The summed E-state index contributed by atoms with van der Waals surface area (Å²) in [5.74, 6) is -1.10. The smallest absolute Gasteiger partial charge is 0.255 e. The highest BCUT2D eigenvalue weighted by Gasteiger charge is 2.19. The Morgan fingerprint density at radius 1 is 1.12 bits per heavy atom. The van der Waals surface area contributed by atoms with E-state index >= 15 is 0 Å². The highest BCUT2D eigenvalue weighted by atomic mass is 19.1. The Labute approximate surface area is 149 Å². The summed E-state index contributed by atoms with van der Waals surface area (Å²) in [5, 5.41) is 2.63. The van der Waals surface area contributed by atoms with E-state index in [1.807, 2.05) is 0 Å². The molecule has 2 rings (SSSR count). The Morgan fingerprint density at radius 3 is 2.27 bits per heavy atom. The fraction of sp³-hybridized carbons (Fsp3) is 0.222. The molecule has 26 heavy (non-hydrogen) atoms. The van der Waals surface area contributed by atoms with Gasteiger partial charge in [0.25, 0.3) is 11.8 Å². The molecule has 0 radical (unpaired) electrons. The Hall–Kier alpha value is -3.29. The summed E-state index contributed by atoms with van der Waals surface area (Å²) < 4.78 is 29.1. The number of carbonyl (C=O) groups excluding carboxylic acids is 2. The highest BCUT2D eigenvalue weighted by molar-refractivity contribution is 6.05. The number of hydrogen-bond acceptors (Lipinski definition) is 5. The number of primary amides is 1. The third-order valence-corrected chi connectivity index (χ3v) is 3.53. The zero-order valence-corrected chi connectivity index (χ0v) is 14.6. The van der Waals surface area contributed by atoms with E-state index in [1.54, 1.807) is 13.0 Å². The molecule has 2 aromatic rings. The van der Waals surface area contributed by atoms with E-state index in [4.69, 9.17) is 19.9 Å². The van der Waals surface area contributed by atoms with E-state index in [0.29, 0.717) is 11.3 Å². The summed E-state index contributed by atoms with van der Waals surface area (Å²) in [6.45, 7) is 1.37. The molecule has 0 heterocycles. The van der Waals surface area contributed by atoms with Crippen molar-refractivity contribution < 1.29 is 28.2 Å². The first-order valence-electron chi connectivity index (χ1n) is 7.60. The van der Waals surface area contributed by atoms with E-state index < -0.39 is 17.6 Å². The van der Waals surface area contributed by atoms with Crippen LogP contribution in [-0.2, 0) is 4.79 Å². The van der Waals surface area contributed by atoms with Crippen molar-refractivity contribution in [2.45, 2.75) is 6.92 Å². The molecule has 0 aliphatic heterocycles. The monoisotopic (exact) mass is 362 g/mol. The van der Waals surface area contributed by atoms with Gasteiger partial charge in [0.15, 0.2) is 18.1 Å². The molecule has 2 amide bonds. The lowest BCUT2D eigenvalue weighted by molar-refractivity contribution is -0.120. The number of nitrogens with one attached hydrogen (secondary N) is 1. The van der Waals surface area contributed by atoms with Crippen LogP contribution in [0.15, 0.2) is 30.3 Å². The Kier molecular flexibility index (Phi) is 6.00. The molecule has 3 N–H and O–H groups in total. The summed E-state index contributed by atoms with van der Waals surface area (Å²) in [4.78, 5) is 23.5. The van der Waals surface area contributed by atoms with Gasteiger partial charge >= 0.3 is 0 Å². The molecule has 0 atom stereocenters. The zero-order chi connectivity index (χ0) is 19.3. The van der Waals surface area contributed by atoms with Crippen molar-refractivity contribution in [1.29, 1.82) is 0 Å². The number of nitrogens with two attached hydrogens (primary N) is 1. The second kappa shape index (κ2) is 8.19. The van der Waals surface area contributed by atoms with Gasteiger partial charge in [0, 0.05) is 11.3 Å². The third-order valence-electron chi connectivity index (χ3n) is 3.53. The largest absolute Gasteiger partial charge is 0.493 e. The minimum atomic E-state index is -0.669. The summed E-state index contributed by atoms with van der Waals surface area (Å²) in [6.07, 6.45) is 0. The standard InChI is InChI=1S/C18H19FN2O5/c1-10-4-5-12(19)8-13(10)21-18(23)11-6-14(24-2)17(15(7-11)25-3)26-9-16(20)22/h4-8H,9H2,1-3H3,(H2,20,22)(H,21,23). The Balaban J connectivity index is 2.35. The van der Waals surface area contributed by atoms with E-state index in [0.717, 1.165) is 0 Å². The summed E-state index contributed by atoms with van der Waals surface area (Å²) in [6, 6.07) is 6.94. The number of carbonyl (C=O) groups is 2. The molecule has 0 spiro atoms. The molecule has 0 fully saturated rings. The van der Waals surface area contributed by atoms with Crippen LogP contribution in [0.5, 0.6) is 17.2 Å². The molecule has 0 aliphatic carbocycles. The fourth-order valence-electron chi connectivity index (χ4n) is 2.22. The van der Waals surface area contributed by atoms with E-state index in [9.17, 15) is 14.0 Å². The van der Waals surface area contributed by atoms with Gasteiger partial charge in [-0.2, -0.15) is 0 Å². The molecule has 8 heteroatoms. The number of hydrogen-bond donors (Lipinski definition) is 2. The van der Waals surface area contributed by atoms with E-state index in [2.05, 4.69) is 5.32 Å². The van der Waals surface area contributed by atoms with Crippen LogP contribution in [0.25, 0.3) is 0 Å². The lowest BCUT2D eigenvalue weighted by atomic mass is 10.1. The summed E-state index contributed by atoms with van der Waals surface area (Å²) in [5.41, 5.74) is 6.33. The topological polar surface area (TPSA) is 99.9 Å². The number of benzene rings is 2. The third kappa shape index (κ3) is 4.41. The predicted octanol–water partition coefficient (Wildman–Crippen LogP) is 2.27. The maximum atomic E-state index is 13.4. The number of aryl methyl sites for hydroxylation is 1. The highest BCUT2D eigenvalue weighted by Crippen LogP contribution is 2.38. The van der Waals surface area contributed by atoms with Gasteiger partial charge in [-0.05, 0) is 36.8 Å². The van der Waals surface area contributed by atoms with Crippen LogP contribution in [0.1, 0.15) is 15.9 Å². The molecule has 7 nitrogen and oxygen atoms in total.